The van der Waals surface area contributed by atoms with Gasteiger partial charge in [-0.2, -0.15) is 0 Å². The van der Waals surface area contributed by atoms with Crippen molar-refractivity contribution in [3.8, 4) is 0 Å². The Morgan fingerprint density at radius 1 is 1.36 bits per heavy atom. The number of hydrogen-bond acceptors (Lipinski definition) is 3. The van der Waals surface area contributed by atoms with Gasteiger partial charge >= 0.3 is 0 Å². The lowest BCUT2D eigenvalue weighted by Crippen LogP contribution is -2.26. The third-order valence-corrected chi connectivity index (χ3v) is 3.92. The zero-order chi connectivity index (χ0) is 14.7. The van der Waals surface area contributed by atoms with E-state index in [0.29, 0.717) is 6.54 Å². The first kappa shape index (κ1) is 16.3. The fourth-order valence-electron chi connectivity index (χ4n) is 2.69. The second kappa shape index (κ2) is 7.27. The number of halogens is 1. The lowest BCUT2D eigenvalue weighted by atomic mass is 9.97. The summed E-state index contributed by atoms with van der Waals surface area (Å²) in [6.45, 7) is 3.52. The zero-order valence-corrected chi connectivity index (χ0v) is 13.4. The molecule has 0 atom stereocenters. The molecule has 2 heterocycles. The molecule has 0 spiro atoms. The number of carbonyl (C=O) groups is 1. The van der Waals surface area contributed by atoms with E-state index in [9.17, 15) is 4.79 Å². The van der Waals surface area contributed by atoms with Crippen molar-refractivity contribution in [2.24, 2.45) is 0 Å². The van der Waals surface area contributed by atoms with Gasteiger partial charge in [-0.1, -0.05) is 6.07 Å². The predicted molar refractivity (Wildman–Crippen MR) is 90.6 cm³/mol. The molecule has 0 unspecified atom stereocenters. The van der Waals surface area contributed by atoms with E-state index in [4.69, 9.17) is 0 Å². The van der Waals surface area contributed by atoms with Crippen LogP contribution in [0.4, 0.5) is 5.69 Å². The Kier molecular flexibility index (Phi) is 5.39. The number of nitrogens with one attached hydrogen (secondary N) is 2. The Morgan fingerprint density at radius 3 is 3.05 bits per heavy atom. The summed E-state index contributed by atoms with van der Waals surface area (Å²) in [6.07, 6.45) is 5.60. The number of amides is 1. The van der Waals surface area contributed by atoms with E-state index in [1.54, 1.807) is 6.20 Å². The molecule has 3 rings (SSSR count). The summed E-state index contributed by atoms with van der Waals surface area (Å²) in [5, 5.41) is 6.36. The lowest BCUT2D eigenvalue weighted by Gasteiger charge is -2.20. The van der Waals surface area contributed by atoms with E-state index in [-0.39, 0.29) is 18.3 Å². The van der Waals surface area contributed by atoms with E-state index in [1.807, 2.05) is 37.4 Å². The predicted octanol–water partition coefficient (Wildman–Crippen LogP) is 3.10. The standard InChI is InChI=1S/C17H19N3O.ClH/c1-12-10-18-9-7-13(12)11-20-17(21)15-4-2-6-16-14(15)5-3-8-19-16;/h2,4,6-7,9-10,19H,3,5,8,11H2,1H3,(H,20,21);1H. The third kappa shape index (κ3) is 3.39. The normalized spacial score (nSPS) is 12.6. The fourth-order valence-corrected chi connectivity index (χ4v) is 2.69. The van der Waals surface area contributed by atoms with Crippen molar-refractivity contribution >= 4 is 24.0 Å². The third-order valence-electron chi connectivity index (χ3n) is 3.92. The molecule has 4 nitrogen and oxygen atoms in total. The zero-order valence-electron chi connectivity index (χ0n) is 12.6. The van der Waals surface area contributed by atoms with Gasteiger partial charge in [-0.25, -0.2) is 0 Å². The van der Waals surface area contributed by atoms with Gasteiger partial charge in [0.2, 0.25) is 0 Å². The summed E-state index contributed by atoms with van der Waals surface area (Å²) in [4.78, 5) is 16.5. The van der Waals surface area contributed by atoms with Crippen LogP contribution in [0.25, 0.3) is 0 Å². The average Bonchev–Trinajstić information content (AvgIpc) is 2.53. The number of carbonyl (C=O) groups excluding carboxylic acids is 1. The maximum atomic E-state index is 12.4. The molecule has 22 heavy (non-hydrogen) atoms. The minimum absolute atomic E-state index is 0. The topological polar surface area (TPSA) is 54.0 Å². The molecule has 0 aliphatic carbocycles. The van der Waals surface area contributed by atoms with Gasteiger partial charge in [-0.05, 0) is 54.7 Å². The summed E-state index contributed by atoms with van der Waals surface area (Å²) in [5.41, 5.74) is 5.20. The lowest BCUT2D eigenvalue weighted by molar-refractivity contribution is 0.0950. The number of fused-ring (bicyclic) bond motifs is 1. The number of aromatic nitrogens is 1. The summed E-state index contributed by atoms with van der Waals surface area (Å²) in [5.74, 6) is -0.00763. The summed E-state index contributed by atoms with van der Waals surface area (Å²) in [7, 11) is 0. The highest BCUT2D eigenvalue weighted by Gasteiger charge is 2.17. The van der Waals surface area contributed by atoms with Gasteiger partial charge in [0, 0.05) is 36.7 Å². The first-order chi connectivity index (χ1) is 10.3. The van der Waals surface area contributed by atoms with Gasteiger partial charge in [0.1, 0.15) is 0 Å². The maximum absolute atomic E-state index is 12.4. The van der Waals surface area contributed by atoms with Crippen molar-refractivity contribution in [3.63, 3.8) is 0 Å². The molecule has 1 aromatic heterocycles. The molecule has 2 N–H and O–H groups in total. The van der Waals surface area contributed by atoms with Crippen LogP contribution in [0.2, 0.25) is 0 Å². The molecule has 1 aliphatic rings. The monoisotopic (exact) mass is 317 g/mol. The Bertz CT molecular complexity index is 673. The van der Waals surface area contributed by atoms with Crippen LogP contribution in [0, 0.1) is 6.92 Å². The Morgan fingerprint density at radius 2 is 2.23 bits per heavy atom. The Labute approximate surface area is 136 Å². The fraction of sp³-hybridized carbons (Fsp3) is 0.294. The van der Waals surface area contributed by atoms with Crippen molar-refractivity contribution < 1.29 is 4.79 Å². The summed E-state index contributed by atoms with van der Waals surface area (Å²) in [6, 6.07) is 7.82. The largest absolute Gasteiger partial charge is 0.385 e. The SMILES string of the molecule is Cc1cnccc1CNC(=O)c1cccc2c1CCCN2.Cl. The van der Waals surface area contributed by atoms with Crippen LogP contribution in [0.3, 0.4) is 0 Å². The highest BCUT2D eigenvalue weighted by atomic mass is 35.5. The van der Waals surface area contributed by atoms with Crippen molar-refractivity contribution in [1.29, 1.82) is 0 Å². The highest BCUT2D eigenvalue weighted by molar-refractivity contribution is 5.97. The Hall–Kier alpha value is -2.07. The van der Waals surface area contributed by atoms with Crippen LogP contribution >= 0.6 is 12.4 Å². The highest BCUT2D eigenvalue weighted by Crippen LogP contribution is 2.25. The molecule has 0 saturated carbocycles. The summed E-state index contributed by atoms with van der Waals surface area (Å²) < 4.78 is 0. The number of aryl methyl sites for hydroxylation is 1. The van der Waals surface area contributed by atoms with E-state index in [1.165, 1.54) is 0 Å². The number of pyridine rings is 1. The number of benzene rings is 1. The molecule has 2 aromatic rings. The van der Waals surface area contributed by atoms with Gasteiger partial charge in [-0.3, -0.25) is 9.78 Å². The number of nitrogens with zero attached hydrogens (tertiary/aromatic N) is 1. The van der Waals surface area contributed by atoms with Gasteiger partial charge in [0.25, 0.3) is 5.91 Å². The quantitative estimate of drug-likeness (QED) is 0.914. The summed E-state index contributed by atoms with van der Waals surface area (Å²) >= 11 is 0. The molecule has 0 fully saturated rings. The van der Waals surface area contributed by atoms with Gasteiger partial charge < -0.3 is 10.6 Å². The second-order valence-corrected chi connectivity index (χ2v) is 5.35. The molecule has 0 radical (unpaired) electrons. The molecular weight excluding hydrogens is 298 g/mol. The number of anilines is 1. The van der Waals surface area contributed by atoms with Gasteiger partial charge in [-0.15, -0.1) is 12.4 Å². The van der Waals surface area contributed by atoms with Crippen molar-refractivity contribution in [3.05, 3.63) is 58.9 Å². The molecule has 0 bridgehead atoms. The van der Waals surface area contributed by atoms with Crippen LogP contribution < -0.4 is 10.6 Å². The molecule has 5 heteroatoms. The van der Waals surface area contributed by atoms with E-state index in [0.717, 1.165) is 47.3 Å². The van der Waals surface area contributed by atoms with Crippen LogP contribution in [-0.2, 0) is 13.0 Å². The van der Waals surface area contributed by atoms with Crippen molar-refractivity contribution in [1.82, 2.24) is 10.3 Å². The van der Waals surface area contributed by atoms with Crippen molar-refractivity contribution in [2.75, 3.05) is 11.9 Å². The van der Waals surface area contributed by atoms with E-state index < -0.39 is 0 Å². The van der Waals surface area contributed by atoms with E-state index in [2.05, 4.69) is 15.6 Å². The van der Waals surface area contributed by atoms with Crippen LogP contribution in [0.15, 0.2) is 36.7 Å². The maximum Gasteiger partial charge on any atom is 0.251 e. The molecule has 1 aromatic carbocycles. The minimum Gasteiger partial charge on any atom is -0.385 e. The molecule has 0 saturated heterocycles. The molecule has 116 valence electrons. The van der Waals surface area contributed by atoms with Crippen molar-refractivity contribution in [2.45, 2.75) is 26.3 Å². The van der Waals surface area contributed by atoms with Crippen LogP contribution in [-0.4, -0.2) is 17.4 Å². The Balaban J connectivity index is 0.00000176. The number of hydrogen-bond donors (Lipinski definition) is 2. The minimum atomic E-state index is -0.00763. The van der Waals surface area contributed by atoms with E-state index >= 15 is 0 Å². The number of rotatable bonds is 3. The molecule has 1 aliphatic heterocycles. The smallest absolute Gasteiger partial charge is 0.251 e. The van der Waals surface area contributed by atoms with Crippen LogP contribution in [0.1, 0.15) is 33.5 Å². The van der Waals surface area contributed by atoms with Crippen LogP contribution in [0.5, 0.6) is 0 Å². The molecular formula is C17H20ClN3O. The second-order valence-electron chi connectivity index (χ2n) is 5.35. The average molecular weight is 318 g/mol. The first-order valence-corrected chi connectivity index (χ1v) is 7.29. The van der Waals surface area contributed by atoms with Gasteiger partial charge in [0.15, 0.2) is 0 Å². The van der Waals surface area contributed by atoms with Gasteiger partial charge in [0.05, 0.1) is 0 Å². The first-order valence-electron chi connectivity index (χ1n) is 7.29. The molecule has 1 amide bonds.